The minimum absolute atomic E-state index is 0.124. The van der Waals surface area contributed by atoms with Gasteiger partial charge >= 0.3 is 0 Å². The van der Waals surface area contributed by atoms with Crippen molar-refractivity contribution in [3.63, 3.8) is 0 Å². The number of rotatable bonds is 2. The number of hydroxylamine groups is 2. The minimum atomic E-state index is -0.301. The third kappa shape index (κ3) is 1.34. The smallest absolute Gasteiger partial charge is 0.266 e. The lowest BCUT2D eigenvalue weighted by Gasteiger charge is -2.41. The molecule has 0 radical (unpaired) electrons. The molecule has 1 aliphatic carbocycles. The maximum atomic E-state index is 11.9. The van der Waals surface area contributed by atoms with Gasteiger partial charge in [-0.25, -0.2) is 5.06 Å². The van der Waals surface area contributed by atoms with Crippen LogP contribution in [-0.4, -0.2) is 36.7 Å². The first-order valence-electron chi connectivity index (χ1n) is 4.92. The van der Waals surface area contributed by atoms with Crippen LogP contribution in [0.1, 0.15) is 25.7 Å². The zero-order valence-corrected chi connectivity index (χ0v) is 8.01. The van der Waals surface area contributed by atoms with Crippen molar-refractivity contribution in [1.82, 2.24) is 10.4 Å². The van der Waals surface area contributed by atoms with Crippen LogP contribution < -0.4 is 5.32 Å². The minimum Gasteiger partial charge on any atom is -0.306 e. The first-order valence-corrected chi connectivity index (χ1v) is 4.92. The lowest BCUT2D eigenvalue weighted by Crippen LogP contribution is -2.60. The van der Waals surface area contributed by atoms with Crippen molar-refractivity contribution in [2.45, 2.75) is 31.2 Å². The Kier molecular flexibility index (Phi) is 2.26. The number of nitrogens with one attached hydrogen (secondary N) is 1. The molecule has 4 nitrogen and oxygen atoms in total. The summed E-state index contributed by atoms with van der Waals surface area (Å²) in [6.45, 7) is 1.44. The molecule has 1 saturated heterocycles. The molecule has 2 aliphatic rings. The van der Waals surface area contributed by atoms with Crippen LogP contribution in [0.25, 0.3) is 0 Å². The van der Waals surface area contributed by atoms with Crippen LogP contribution in [-0.2, 0) is 9.63 Å². The zero-order valence-electron chi connectivity index (χ0n) is 8.01. The molecule has 4 heteroatoms. The molecule has 0 aromatic heterocycles. The SMILES string of the molecule is CNC1(C(=O)N2CCCO2)CCC1. The molecule has 1 amide bonds. The summed E-state index contributed by atoms with van der Waals surface area (Å²) in [5, 5.41) is 4.64. The molecule has 1 N–H and O–H groups in total. The number of hydrogen-bond acceptors (Lipinski definition) is 3. The highest BCUT2D eigenvalue weighted by Gasteiger charge is 2.46. The Morgan fingerprint density at radius 1 is 1.46 bits per heavy atom. The molecule has 1 aliphatic heterocycles. The van der Waals surface area contributed by atoms with Gasteiger partial charge in [-0.1, -0.05) is 0 Å². The summed E-state index contributed by atoms with van der Waals surface area (Å²) < 4.78 is 0. The molecule has 0 spiro atoms. The summed E-state index contributed by atoms with van der Waals surface area (Å²) in [5.41, 5.74) is -0.301. The summed E-state index contributed by atoms with van der Waals surface area (Å²) in [6, 6.07) is 0. The van der Waals surface area contributed by atoms with Crippen LogP contribution in [0.2, 0.25) is 0 Å². The predicted octanol–water partition coefficient (Wildman–Crippen LogP) is 0.292. The average Bonchev–Trinajstić information content (AvgIpc) is 2.54. The number of nitrogens with zero attached hydrogens (tertiary/aromatic N) is 1. The van der Waals surface area contributed by atoms with Crippen molar-refractivity contribution in [2.75, 3.05) is 20.2 Å². The van der Waals surface area contributed by atoms with E-state index in [9.17, 15) is 4.79 Å². The normalized spacial score (nSPS) is 25.8. The molecule has 2 rings (SSSR count). The fourth-order valence-corrected chi connectivity index (χ4v) is 1.95. The standard InChI is InChI=1S/C9H16N2O2/c1-10-9(4-2-5-9)8(12)11-6-3-7-13-11/h10H,2-7H2,1H3. The van der Waals surface area contributed by atoms with E-state index in [4.69, 9.17) is 4.84 Å². The van der Waals surface area contributed by atoms with Crippen molar-refractivity contribution in [3.8, 4) is 0 Å². The van der Waals surface area contributed by atoms with Gasteiger partial charge in [0, 0.05) is 0 Å². The Morgan fingerprint density at radius 2 is 2.23 bits per heavy atom. The van der Waals surface area contributed by atoms with Crippen molar-refractivity contribution in [2.24, 2.45) is 0 Å². The third-order valence-corrected chi connectivity index (χ3v) is 3.07. The topological polar surface area (TPSA) is 41.6 Å². The second-order valence-corrected chi connectivity index (χ2v) is 3.78. The number of likely N-dealkylation sites (N-methyl/N-ethyl adjacent to an activating group) is 1. The van der Waals surface area contributed by atoms with Crippen LogP contribution in [0.4, 0.5) is 0 Å². The molecule has 0 unspecified atom stereocenters. The number of hydrogen-bond donors (Lipinski definition) is 1. The van der Waals surface area contributed by atoms with E-state index in [1.807, 2.05) is 7.05 Å². The first kappa shape index (κ1) is 8.97. The van der Waals surface area contributed by atoms with Gasteiger partial charge in [0.25, 0.3) is 5.91 Å². The van der Waals surface area contributed by atoms with Gasteiger partial charge in [-0.05, 0) is 32.7 Å². The summed E-state index contributed by atoms with van der Waals surface area (Å²) >= 11 is 0. The molecular formula is C9H16N2O2. The predicted molar refractivity (Wildman–Crippen MR) is 47.9 cm³/mol. The van der Waals surface area contributed by atoms with Crippen molar-refractivity contribution in [3.05, 3.63) is 0 Å². The second kappa shape index (κ2) is 3.27. The Labute approximate surface area is 78.2 Å². The van der Waals surface area contributed by atoms with Gasteiger partial charge in [-0.3, -0.25) is 9.63 Å². The maximum absolute atomic E-state index is 11.9. The Morgan fingerprint density at radius 3 is 2.62 bits per heavy atom. The molecule has 13 heavy (non-hydrogen) atoms. The van der Waals surface area contributed by atoms with E-state index in [0.29, 0.717) is 6.61 Å². The van der Waals surface area contributed by atoms with Gasteiger partial charge < -0.3 is 5.32 Å². The molecule has 0 aromatic carbocycles. The van der Waals surface area contributed by atoms with Gasteiger partial charge in [0.2, 0.25) is 0 Å². The van der Waals surface area contributed by atoms with E-state index in [1.54, 1.807) is 0 Å². The van der Waals surface area contributed by atoms with Crippen LogP contribution >= 0.6 is 0 Å². The third-order valence-electron chi connectivity index (χ3n) is 3.07. The monoisotopic (exact) mass is 184 g/mol. The molecule has 1 heterocycles. The average molecular weight is 184 g/mol. The first-order chi connectivity index (χ1) is 6.28. The van der Waals surface area contributed by atoms with Crippen LogP contribution in [0.5, 0.6) is 0 Å². The van der Waals surface area contributed by atoms with Gasteiger partial charge in [-0.2, -0.15) is 0 Å². The van der Waals surface area contributed by atoms with Crippen molar-refractivity contribution < 1.29 is 9.63 Å². The largest absolute Gasteiger partial charge is 0.306 e. The highest BCUT2D eigenvalue weighted by atomic mass is 16.7. The Hall–Kier alpha value is -0.610. The van der Waals surface area contributed by atoms with E-state index in [-0.39, 0.29) is 11.4 Å². The molecule has 1 saturated carbocycles. The van der Waals surface area contributed by atoms with E-state index < -0.39 is 0 Å². The summed E-state index contributed by atoms with van der Waals surface area (Å²) in [7, 11) is 1.85. The molecule has 0 aromatic rings. The second-order valence-electron chi connectivity index (χ2n) is 3.78. The van der Waals surface area contributed by atoms with E-state index in [0.717, 1.165) is 32.2 Å². The lowest BCUT2D eigenvalue weighted by molar-refractivity contribution is -0.179. The van der Waals surface area contributed by atoms with E-state index >= 15 is 0 Å². The van der Waals surface area contributed by atoms with Gasteiger partial charge in [0.05, 0.1) is 18.7 Å². The van der Waals surface area contributed by atoms with Gasteiger partial charge in [0.15, 0.2) is 0 Å². The summed E-state index contributed by atoms with van der Waals surface area (Å²) in [5.74, 6) is 0.124. The van der Waals surface area contributed by atoms with Crippen LogP contribution in [0.3, 0.4) is 0 Å². The highest BCUT2D eigenvalue weighted by molar-refractivity contribution is 5.86. The number of carbonyl (C=O) groups is 1. The molecule has 2 fully saturated rings. The van der Waals surface area contributed by atoms with Crippen LogP contribution in [0.15, 0.2) is 0 Å². The maximum Gasteiger partial charge on any atom is 0.266 e. The van der Waals surface area contributed by atoms with Crippen LogP contribution in [0, 0.1) is 0 Å². The number of carbonyl (C=O) groups excluding carboxylic acids is 1. The fraction of sp³-hybridized carbons (Fsp3) is 0.889. The molecule has 0 bridgehead atoms. The molecular weight excluding hydrogens is 168 g/mol. The summed E-state index contributed by atoms with van der Waals surface area (Å²) in [6.07, 6.45) is 4.00. The molecule has 74 valence electrons. The lowest BCUT2D eigenvalue weighted by atomic mass is 9.76. The van der Waals surface area contributed by atoms with E-state index in [1.165, 1.54) is 5.06 Å². The molecule has 0 atom stereocenters. The summed E-state index contributed by atoms with van der Waals surface area (Å²) in [4.78, 5) is 17.2. The highest BCUT2D eigenvalue weighted by Crippen LogP contribution is 2.33. The zero-order chi connectivity index (χ0) is 9.31. The van der Waals surface area contributed by atoms with Gasteiger partial charge in [-0.15, -0.1) is 0 Å². The van der Waals surface area contributed by atoms with Crippen molar-refractivity contribution in [1.29, 1.82) is 0 Å². The Balaban J connectivity index is 2.01. The van der Waals surface area contributed by atoms with E-state index in [2.05, 4.69) is 5.32 Å². The Bertz CT molecular complexity index is 202. The van der Waals surface area contributed by atoms with Gasteiger partial charge in [0.1, 0.15) is 0 Å². The quantitative estimate of drug-likeness (QED) is 0.670. The fourth-order valence-electron chi connectivity index (χ4n) is 1.95. The van der Waals surface area contributed by atoms with Crippen molar-refractivity contribution >= 4 is 5.91 Å². The number of amides is 1.